The van der Waals surface area contributed by atoms with Gasteiger partial charge in [0.2, 0.25) is 0 Å². The normalized spacial score (nSPS) is 17.5. The number of rotatable bonds is 7. The lowest BCUT2D eigenvalue weighted by molar-refractivity contribution is -0.138. The highest BCUT2D eigenvalue weighted by Gasteiger charge is 2.19. The van der Waals surface area contributed by atoms with E-state index in [1.54, 1.807) is 0 Å². The zero-order valence-electron chi connectivity index (χ0n) is 11.2. The Balaban J connectivity index is 1.76. The van der Waals surface area contributed by atoms with Crippen LogP contribution in [0.1, 0.15) is 24.3 Å². The number of aliphatic carboxylic acids is 1. The molecule has 1 atom stereocenters. The van der Waals surface area contributed by atoms with E-state index in [1.807, 2.05) is 30.3 Å². The summed E-state index contributed by atoms with van der Waals surface area (Å²) in [6.45, 7) is 4.73. The zero-order chi connectivity index (χ0) is 13.5. The van der Waals surface area contributed by atoms with Crippen molar-refractivity contribution in [2.45, 2.75) is 18.8 Å². The Morgan fingerprint density at radius 1 is 1.26 bits per heavy atom. The van der Waals surface area contributed by atoms with Gasteiger partial charge in [-0.3, -0.25) is 4.79 Å². The van der Waals surface area contributed by atoms with E-state index in [4.69, 9.17) is 0 Å². The van der Waals surface area contributed by atoms with Crippen LogP contribution in [0.25, 0.3) is 0 Å². The van der Waals surface area contributed by atoms with Crippen LogP contribution in [0.15, 0.2) is 30.3 Å². The van der Waals surface area contributed by atoms with Crippen LogP contribution in [0, 0.1) is 0 Å². The third-order valence-electron chi connectivity index (χ3n) is 3.65. The van der Waals surface area contributed by atoms with E-state index in [1.165, 1.54) is 25.9 Å². The molecule has 0 aromatic heterocycles. The topological polar surface area (TPSA) is 52.6 Å². The number of nitrogens with zero attached hydrogens (tertiary/aromatic N) is 1. The van der Waals surface area contributed by atoms with Crippen molar-refractivity contribution in [2.24, 2.45) is 0 Å². The third-order valence-corrected chi connectivity index (χ3v) is 3.65. The summed E-state index contributed by atoms with van der Waals surface area (Å²) in [5.74, 6) is -1.22. The molecule has 2 N–H and O–H groups in total. The van der Waals surface area contributed by atoms with Crippen LogP contribution in [0.5, 0.6) is 0 Å². The highest BCUT2D eigenvalue weighted by atomic mass is 16.4. The monoisotopic (exact) mass is 262 g/mol. The lowest BCUT2D eigenvalue weighted by atomic mass is 9.99. The van der Waals surface area contributed by atoms with E-state index in [0.717, 1.165) is 18.7 Å². The van der Waals surface area contributed by atoms with Gasteiger partial charge < -0.3 is 15.3 Å². The molecule has 1 unspecified atom stereocenters. The summed E-state index contributed by atoms with van der Waals surface area (Å²) in [4.78, 5) is 13.7. The lowest BCUT2D eigenvalue weighted by Gasteiger charge is -2.17. The molecule has 19 heavy (non-hydrogen) atoms. The van der Waals surface area contributed by atoms with Crippen LogP contribution in [0.2, 0.25) is 0 Å². The van der Waals surface area contributed by atoms with Crippen molar-refractivity contribution in [3.05, 3.63) is 35.9 Å². The van der Waals surface area contributed by atoms with Gasteiger partial charge >= 0.3 is 5.97 Å². The van der Waals surface area contributed by atoms with Crippen LogP contribution < -0.4 is 5.32 Å². The molecule has 1 saturated heterocycles. The van der Waals surface area contributed by atoms with Crippen molar-refractivity contribution in [3.8, 4) is 0 Å². The molecule has 0 aliphatic carbocycles. The standard InChI is InChI=1S/C15H22N2O2/c18-15(19)14(13-6-2-1-3-7-13)12-16-8-11-17-9-4-5-10-17/h1-3,6-7,14,16H,4-5,8-12H2,(H,18,19). The first-order chi connectivity index (χ1) is 9.27. The molecule has 1 aromatic rings. The first kappa shape index (κ1) is 14.0. The van der Waals surface area contributed by atoms with Gasteiger partial charge in [-0.1, -0.05) is 30.3 Å². The van der Waals surface area contributed by atoms with Crippen LogP contribution in [-0.4, -0.2) is 48.7 Å². The highest BCUT2D eigenvalue weighted by molar-refractivity contribution is 5.76. The largest absolute Gasteiger partial charge is 0.481 e. The molecule has 0 saturated carbocycles. The fourth-order valence-corrected chi connectivity index (χ4v) is 2.52. The third kappa shape index (κ3) is 4.33. The number of likely N-dealkylation sites (tertiary alicyclic amines) is 1. The Morgan fingerprint density at radius 3 is 2.58 bits per heavy atom. The Labute approximate surface area is 114 Å². The van der Waals surface area contributed by atoms with Crippen molar-refractivity contribution in [2.75, 3.05) is 32.7 Å². The smallest absolute Gasteiger partial charge is 0.312 e. The fraction of sp³-hybridized carbons (Fsp3) is 0.533. The molecule has 0 spiro atoms. The first-order valence-corrected chi connectivity index (χ1v) is 6.98. The molecule has 0 amide bonds. The van der Waals surface area contributed by atoms with Gasteiger partial charge in [-0.25, -0.2) is 0 Å². The quantitative estimate of drug-likeness (QED) is 0.732. The number of carboxylic acids is 1. The van der Waals surface area contributed by atoms with Gasteiger partial charge in [0.25, 0.3) is 0 Å². The highest BCUT2D eigenvalue weighted by Crippen LogP contribution is 2.14. The van der Waals surface area contributed by atoms with E-state index in [-0.39, 0.29) is 0 Å². The number of nitrogens with one attached hydrogen (secondary N) is 1. The van der Waals surface area contributed by atoms with Gasteiger partial charge in [0.15, 0.2) is 0 Å². The van der Waals surface area contributed by atoms with E-state index in [0.29, 0.717) is 6.54 Å². The fourth-order valence-electron chi connectivity index (χ4n) is 2.52. The number of hydrogen-bond donors (Lipinski definition) is 2. The maximum Gasteiger partial charge on any atom is 0.312 e. The lowest BCUT2D eigenvalue weighted by Crippen LogP contribution is -2.33. The second-order valence-electron chi connectivity index (χ2n) is 5.05. The van der Waals surface area contributed by atoms with Crippen LogP contribution >= 0.6 is 0 Å². The average Bonchev–Trinajstić information content (AvgIpc) is 2.92. The molecule has 1 fully saturated rings. The summed E-state index contributed by atoms with van der Waals surface area (Å²) < 4.78 is 0. The van der Waals surface area contributed by atoms with Gasteiger partial charge in [0.1, 0.15) is 0 Å². The Hall–Kier alpha value is -1.39. The Bertz CT molecular complexity index is 388. The number of carboxylic acid groups (broad SMARTS) is 1. The number of carbonyl (C=O) groups is 1. The zero-order valence-corrected chi connectivity index (χ0v) is 11.2. The van der Waals surface area contributed by atoms with Crippen molar-refractivity contribution < 1.29 is 9.90 Å². The molecular weight excluding hydrogens is 240 g/mol. The molecule has 4 heteroatoms. The summed E-state index contributed by atoms with van der Waals surface area (Å²) in [6.07, 6.45) is 2.59. The minimum absolute atomic E-state index is 0.459. The van der Waals surface area contributed by atoms with Crippen LogP contribution in [0.4, 0.5) is 0 Å². The summed E-state index contributed by atoms with van der Waals surface area (Å²) in [6, 6.07) is 9.43. The van der Waals surface area contributed by atoms with Gasteiger partial charge in [0.05, 0.1) is 5.92 Å². The average molecular weight is 262 g/mol. The number of hydrogen-bond acceptors (Lipinski definition) is 3. The van der Waals surface area contributed by atoms with E-state index < -0.39 is 11.9 Å². The molecule has 1 aliphatic rings. The number of benzene rings is 1. The summed E-state index contributed by atoms with van der Waals surface area (Å²) in [5, 5.41) is 12.6. The maximum absolute atomic E-state index is 11.3. The van der Waals surface area contributed by atoms with Crippen molar-refractivity contribution >= 4 is 5.97 Å². The molecule has 1 heterocycles. The molecule has 104 valence electrons. The van der Waals surface area contributed by atoms with Crippen LogP contribution in [0.3, 0.4) is 0 Å². The predicted molar refractivity (Wildman–Crippen MR) is 75.4 cm³/mol. The molecule has 2 rings (SSSR count). The van der Waals surface area contributed by atoms with Gasteiger partial charge in [-0.15, -0.1) is 0 Å². The maximum atomic E-state index is 11.3. The van der Waals surface area contributed by atoms with E-state index in [2.05, 4.69) is 10.2 Å². The van der Waals surface area contributed by atoms with Crippen LogP contribution in [-0.2, 0) is 4.79 Å². The molecule has 4 nitrogen and oxygen atoms in total. The minimum atomic E-state index is -0.764. The van der Waals surface area contributed by atoms with Crippen molar-refractivity contribution in [1.29, 1.82) is 0 Å². The van der Waals surface area contributed by atoms with Crippen molar-refractivity contribution in [1.82, 2.24) is 10.2 Å². The minimum Gasteiger partial charge on any atom is -0.481 e. The first-order valence-electron chi connectivity index (χ1n) is 6.98. The second kappa shape index (κ2) is 7.26. The second-order valence-corrected chi connectivity index (χ2v) is 5.05. The molecule has 1 aliphatic heterocycles. The van der Waals surface area contributed by atoms with Gasteiger partial charge in [-0.2, -0.15) is 0 Å². The Kier molecular flexibility index (Phi) is 5.36. The molecule has 1 aromatic carbocycles. The summed E-state index contributed by atoms with van der Waals surface area (Å²) in [7, 11) is 0. The SMILES string of the molecule is O=C(O)C(CNCCN1CCCC1)c1ccccc1. The molecule has 0 bridgehead atoms. The molecule has 0 radical (unpaired) electrons. The summed E-state index contributed by atoms with van der Waals surface area (Å²) >= 11 is 0. The summed E-state index contributed by atoms with van der Waals surface area (Å²) in [5.41, 5.74) is 0.865. The van der Waals surface area contributed by atoms with Gasteiger partial charge in [0, 0.05) is 19.6 Å². The van der Waals surface area contributed by atoms with Gasteiger partial charge in [-0.05, 0) is 31.5 Å². The predicted octanol–water partition coefficient (Wildman–Crippen LogP) is 1.54. The Morgan fingerprint density at radius 2 is 1.95 bits per heavy atom. The van der Waals surface area contributed by atoms with E-state index in [9.17, 15) is 9.90 Å². The van der Waals surface area contributed by atoms with Crippen molar-refractivity contribution in [3.63, 3.8) is 0 Å². The van der Waals surface area contributed by atoms with E-state index >= 15 is 0 Å². The molecular formula is C15H22N2O2.